The first-order valence-electron chi connectivity index (χ1n) is 7.67. The molecular formula is C20H14ClFN2. The molecule has 1 heterocycles. The Morgan fingerprint density at radius 3 is 2.42 bits per heavy atom. The number of aromatic nitrogens is 2. The van der Waals surface area contributed by atoms with E-state index in [1.165, 1.54) is 6.07 Å². The van der Waals surface area contributed by atoms with Crippen molar-refractivity contribution in [2.24, 2.45) is 0 Å². The van der Waals surface area contributed by atoms with Gasteiger partial charge in [-0.05, 0) is 24.3 Å². The Morgan fingerprint density at radius 2 is 1.62 bits per heavy atom. The quantitative estimate of drug-likeness (QED) is 0.480. The van der Waals surface area contributed by atoms with Crippen LogP contribution in [-0.2, 0) is 6.54 Å². The van der Waals surface area contributed by atoms with Crippen LogP contribution in [0.1, 0.15) is 5.56 Å². The minimum atomic E-state index is -0.306. The van der Waals surface area contributed by atoms with Crippen molar-refractivity contribution in [3.05, 3.63) is 89.2 Å². The molecule has 0 aliphatic rings. The zero-order valence-corrected chi connectivity index (χ0v) is 13.5. The Bertz CT molecular complexity index is 989. The fourth-order valence-electron chi connectivity index (χ4n) is 2.88. The van der Waals surface area contributed by atoms with Gasteiger partial charge in [0.05, 0.1) is 17.6 Å². The van der Waals surface area contributed by atoms with Crippen LogP contribution in [0, 0.1) is 5.82 Å². The molecule has 4 heteroatoms. The molecule has 0 fully saturated rings. The molecule has 0 spiro atoms. The second-order valence-electron chi connectivity index (χ2n) is 5.58. The molecule has 0 atom stereocenters. The van der Waals surface area contributed by atoms with Gasteiger partial charge in [0.1, 0.15) is 11.6 Å². The zero-order chi connectivity index (χ0) is 16.5. The Balaban J connectivity index is 1.93. The number of para-hydroxylation sites is 2. The smallest absolute Gasteiger partial charge is 0.141 e. The normalized spacial score (nSPS) is 11.1. The number of fused-ring (bicyclic) bond motifs is 1. The number of rotatable bonds is 3. The van der Waals surface area contributed by atoms with Crippen LogP contribution in [0.15, 0.2) is 72.8 Å². The predicted octanol–water partition coefficient (Wildman–Crippen LogP) is 5.54. The summed E-state index contributed by atoms with van der Waals surface area (Å²) < 4.78 is 16.3. The van der Waals surface area contributed by atoms with Gasteiger partial charge in [-0.2, -0.15) is 0 Å². The predicted molar refractivity (Wildman–Crippen MR) is 95.7 cm³/mol. The highest BCUT2D eigenvalue weighted by Gasteiger charge is 2.15. The van der Waals surface area contributed by atoms with Gasteiger partial charge in [-0.3, -0.25) is 0 Å². The third kappa shape index (κ3) is 2.57. The molecule has 3 aromatic carbocycles. The minimum Gasteiger partial charge on any atom is -0.319 e. The standard InChI is InChI=1S/C20H14ClFN2/c21-16-9-6-10-17(22)15(16)13-24-19-12-5-4-11-18(19)23-20(24)14-7-2-1-3-8-14/h1-12H,13H2. The van der Waals surface area contributed by atoms with Crippen LogP contribution >= 0.6 is 11.6 Å². The number of hydrogen-bond acceptors (Lipinski definition) is 1. The molecule has 0 amide bonds. The number of nitrogens with zero attached hydrogens (tertiary/aromatic N) is 2. The second kappa shape index (κ2) is 6.10. The summed E-state index contributed by atoms with van der Waals surface area (Å²) in [6.45, 7) is 0.330. The molecule has 0 saturated heterocycles. The molecule has 24 heavy (non-hydrogen) atoms. The van der Waals surface area contributed by atoms with Crippen LogP contribution < -0.4 is 0 Å². The lowest BCUT2D eigenvalue weighted by atomic mass is 10.2. The summed E-state index contributed by atoms with van der Waals surface area (Å²) in [6.07, 6.45) is 0. The summed E-state index contributed by atoms with van der Waals surface area (Å²) in [5.74, 6) is 0.496. The van der Waals surface area contributed by atoms with Gasteiger partial charge in [0.15, 0.2) is 0 Å². The molecule has 0 aliphatic carbocycles. The number of hydrogen-bond donors (Lipinski definition) is 0. The number of halogens is 2. The second-order valence-corrected chi connectivity index (χ2v) is 5.98. The van der Waals surface area contributed by atoms with Gasteiger partial charge in [-0.25, -0.2) is 9.37 Å². The molecule has 0 aliphatic heterocycles. The molecule has 4 aromatic rings. The van der Waals surface area contributed by atoms with Crippen molar-refractivity contribution in [1.82, 2.24) is 9.55 Å². The van der Waals surface area contributed by atoms with Gasteiger partial charge < -0.3 is 4.57 Å². The zero-order valence-electron chi connectivity index (χ0n) is 12.8. The number of imidazole rings is 1. The maximum atomic E-state index is 14.3. The van der Waals surface area contributed by atoms with Crippen molar-refractivity contribution in [3.8, 4) is 11.4 Å². The van der Waals surface area contributed by atoms with Crippen molar-refractivity contribution in [2.75, 3.05) is 0 Å². The third-order valence-electron chi connectivity index (χ3n) is 4.06. The molecule has 0 bridgehead atoms. The fraction of sp³-hybridized carbons (Fsp3) is 0.0500. The van der Waals surface area contributed by atoms with E-state index < -0.39 is 0 Å². The van der Waals surface area contributed by atoms with E-state index in [2.05, 4.69) is 0 Å². The van der Waals surface area contributed by atoms with E-state index in [1.54, 1.807) is 12.1 Å². The first kappa shape index (κ1) is 14.9. The van der Waals surface area contributed by atoms with E-state index in [9.17, 15) is 4.39 Å². The first-order chi connectivity index (χ1) is 11.7. The summed E-state index contributed by atoms with van der Waals surface area (Å²) in [6, 6.07) is 22.5. The van der Waals surface area contributed by atoms with Crippen molar-refractivity contribution in [1.29, 1.82) is 0 Å². The molecule has 0 radical (unpaired) electrons. The largest absolute Gasteiger partial charge is 0.319 e. The lowest BCUT2D eigenvalue weighted by Gasteiger charge is -2.11. The fourth-order valence-corrected chi connectivity index (χ4v) is 3.11. The Hall–Kier alpha value is -2.65. The molecular weight excluding hydrogens is 323 g/mol. The minimum absolute atomic E-state index is 0.306. The third-order valence-corrected chi connectivity index (χ3v) is 4.42. The van der Waals surface area contributed by atoms with Gasteiger partial charge in [-0.15, -0.1) is 0 Å². The molecule has 0 N–H and O–H groups in total. The Labute approximate surface area is 144 Å². The van der Waals surface area contributed by atoms with Crippen LogP contribution in [0.3, 0.4) is 0 Å². The van der Waals surface area contributed by atoms with Gasteiger partial charge >= 0.3 is 0 Å². The Morgan fingerprint density at radius 1 is 0.875 bits per heavy atom. The molecule has 118 valence electrons. The van der Waals surface area contributed by atoms with Crippen LogP contribution in [0.5, 0.6) is 0 Å². The first-order valence-corrected chi connectivity index (χ1v) is 8.05. The maximum Gasteiger partial charge on any atom is 0.141 e. The van der Waals surface area contributed by atoms with Crippen molar-refractivity contribution >= 4 is 22.6 Å². The lowest BCUT2D eigenvalue weighted by molar-refractivity contribution is 0.602. The number of benzene rings is 3. The molecule has 0 saturated carbocycles. The topological polar surface area (TPSA) is 17.8 Å². The summed E-state index contributed by atoms with van der Waals surface area (Å²) in [7, 11) is 0. The Kier molecular flexibility index (Phi) is 3.79. The van der Waals surface area contributed by atoms with Crippen molar-refractivity contribution < 1.29 is 4.39 Å². The van der Waals surface area contributed by atoms with Crippen LogP contribution in [0.2, 0.25) is 5.02 Å². The molecule has 4 rings (SSSR count). The van der Waals surface area contributed by atoms with Gasteiger partial charge in [0.25, 0.3) is 0 Å². The van der Waals surface area contributed by atoms with E-state index in [-0.39, 0.29) is 5.82 Å². The average Bonchev–Trinajstić information content (AvgIpc) is 2.98. The van der Waals surface area contributed by atoms with Crippen LogP contribution in [-0.4, -0.2) is 9.55 Å². The lowest BCUT2D eigenvalue weighted by Crippen LogP contribution is -2.05. The van der Waals surface area contributed by atoms with Crippen molar-refractivity contribution in [2.45, 2.75) is 6.54 Å². The molecule has 2 nitrogen and oxygen atoms in total. The summed E-state index contributed by atoms with van der Waals surface area (Å²) in [4.78, 5) is 4.74. The average molecular weight is 337 g/mol. The van der Waals surface area contributed by atoms with E-state index in [0.717, 1.165) is 22.4 Å². The monoisotopic (exact) mass is 336 g/mol. The van der Waals surface area contributed by atoms with E-state index in [1.807, 2.05) is 59.2 Å². The van der Waals surface area contributed by atoms with E-state index in [0.29, 0.717) is 17.1 Å². The SMILES string of the molecule is Fc1cccc(Cl)c1Cn1c(-c2ccccc2)nc2ccccc21. The highest BCUT2D eigenvalue weighted by molar-refractivity contribution is 6.31. The van der Waals surface area contributed by atoms with E-state index >= 15 is 0 Å². The van der Waals surface area contributed by atoms with Gasteiger partial charge in [0, 0.05) is 16.1 Å². The molecule has 1 aromatic heterocycles. The van der Waals surface area contributed by atoms with Gasteiger partial charge in [0.2, 0.25) is 0 Å². The van der Waals surface area contributed by atoms with Crippen LogP contribution in [0.25, 0.3) is 22.4 Å². The maximum absolute atomic E-state index is 14.3. The highest BCUT2D eigenvalue weighted by atomic mass is 35.5. The van der Waals surface area contributed by atoms with Crippen LogP contribution in [0.4, 0.5) is 4.39 Å². The van der Waals surface area contributed by atoms with Gasteiger partial charge in [-0.1, -0.05) is 60.1 Å². The summed E-state index contributed by atoms with van der Waals surface area (Å²) in [5, 5.41) is 0.423. The highest BCUT2D eigenvalue weighted by Crippen LogP contribution is 2.28. The van der Waals surface area contributed by atoms with E-state index in [4.69, 9.17) is 16.6 Å². The van der Waals surface area contributed by atoms with Crippen molar-refractivity contribution in [3.63, 3.8) is 0 Å². The summed E-state index contributed by atoms with van der Waals surface area (Å²) >= 11 is 6.22. The summed E-state index contributed by atoms with van der Waals surface area (Å²) in [5.41, 5.74) is 3.29. The molecule has 0 unspecified atom stereocenters.